The minimum absolute atomic E-state index is 0.0691. The molecule has 1 rings (SSSR count). The van der Waals surface area contributed by atoms with Crippen molar-refractivity contribution in [2.24, 2.45) is 11.1 Å². The van der Waals surface area contributed by atoms with Gasteiger partial charge in [-0.3, -0.25) is 9.59 Å². The summed E-state index contributed by atoms with van der Waals surface area (Å²) in [6.45, 7) is 1.52. The lowest BCUT2D eigenvalue weighted by atomic mass is 10.1. The van der Waals surface area contributed by atoms with Crippen molar-refractivity contribution in [1.82, 2.24) is 10.6 Å². The molecule has 1 atom stereocenters. The normalized spacial score (nSPS) is 18.3. The molecule has 1 unspecified atom stereocenters. The lowest BCUT2D eigenvalue weighted by Gasteiger charge is -2.14. The van der Waals surface area contributed by atoms with Crippen LogP contribution in [0.1, 0.15) is 19.8 Å². The van der Waals surface area contributed by atoms with Crippen LogP contribution in [0.5, 0.6) is 0 Å². The van der Waals surface area contributed by atoms with E-state index in [2.05, 4.69) is 10.6 Å². The van der Waals surface area contributed by atoms with Gasteiger partial charge in [-0.05, 0) is 19.8 Å². The number of aliphatic carboxylic acids is 1. The summed E-state index contributed by atoms with van der Waals surface area (Å²) in [5, 5.41) is 13.6. The van der Waals surface area contributed by atoms with Crippen molar-refractivity contribution in [1.29, 1.82) is 0 Å². The van der Waals surface area contributed by atoms with Gasteiger partial charge in [-0.25, -0.2) is 4.79 Å². The number of urea groups is 1. The fraction of sp³-hybridized carbons (Fsp3) is 0.667. The zero-order valence-corrected chi connectivity index (χ0v) is 8.95. The zero-order valence-electron chi connectivity index (χ0n) is 8.95. The van der Waals surface area contributed by atoms with Crippen LogP contribution >= 0.6 is 0 Å². The number of primary amides is 1. The summed E-state index contributed by atoms with van der Waals surface area (Å²) in [7, 11) is 0. The van der Waals surface area contributed by atoms with Crippen LogP contribution in [0.2, 0.25) is 0 Å². The second kappa shape index (κ2) is 4.38. The van der Waals surface area contributed by atoms with Crippen LogP contribution in [0.25, 0.3) is 0 Å². The number of nitrogens with two attached hydrogens (primary N) is 1. The lowest BCUT2D eigenvalue weighted by Crippen LogP contribution is -2.48. The van der Waals surface area contributed by atoms with Crippen LogP contribution in [0.4, 0.5) is 4.79 Å². The fourth-order valence-electron chi connectivity index (χ4n) is 1.19. The molecule has 0 radical (unpaired) electrons. The fourth-order valence-corrected chi connectivity index (χ4v) is 1.19. The SMILES string of the molecule is CC(NC(=O)NCC1(C(=O)O)CC1)C(N)=O. The Morgan fingerprint density at radius 3 is 2.38 bits per heavy atom. The average Bonchev–Trinajstić information content (AvgIpc) is 2.95. The van der Waals surface area contributed by atoms with Crippen LogP contribution in [-0.2, 0) is 9.59 Å². The lowest BCUT2D eigenvalue weighted by molar-refractivity contribution is -0.143. The molecule has 0 aliphatic heterocycles. The molecule has 0 aromatic heterocycles. The highest BCUT2D eigenvalue weighted by molar-refractivity contribution is 5.86. The zero-order chi connectivity index (χ0) is 12.3. The smallest absolute Gasteiger partial charge is 0.315 e. The first-order valence-electron chi connectivity index (χ1n) is 4.94. The maximum atomic E-state index is 11.2. The Kier molecular flexibility index (Phi) is 3.36. The van der Waals surface area contributed by atoms with E-state index in [-0.39, 0.29) is 6.54 Å². The number of carbonyl (C=O) groups is 3. The predicted octanol–water partition coefficient (Wildman–Crippen LogP) is -0.976. The Morgan fingerprint density at radius 1 is 1.44 bits per heavy atom. The molecule has 7 nitrogen and oxygen atoms in total. The number of amides is 3. The largest absolute Gasteiger partial charge is 0.481 e. The highest BCUT2D eigenvalue weighted by atomic mass is 16.4. The summed E-state index contributed by atoms with van der Waals surface area (Å²) in [5.74, 6) is -1.55. The predicted molar refractivity (Wildman–Crippen MR) is 54.5 cm³/mol. The molecule has 0 heterocycles. The van der Waals surface area contributed by atoms with Gasteiger partial charge in [0.1, 0.15) is 6.04 Å². The highest BCUT2D eigenvalue weighted by Gasteiger charge is 2.50. The first-order valence-corrected chi connectivity index (χ1v) is 4.94. The summed E-state index contributed by atoms with van der Waals surface area (Å²) < 4.78 is 0. The van der Waals surface area contributed by atoms with E-state index < -0.39 is 29.4 Å². The van der Waals surface area contributed by atoms with Gasteiger partial charge in [0.15, 0.2) is 0 Å². The van der Waals surface area contributed by atoms with Gasteiger partial charge in [-0.1, -0.05) is 0 Å². The Hall–Kier alpha value is -1.79. The number of hydrogen-bond acceptors (Lipinski definition) is 3. The standard InChI is InChI=1S/C9H15N3O4/c1-5(6(10)13)12-8(16)11-4-9(2-3-9)7(14)15/h5H,2-4H2,1H3,(H2,10,13)(H,14,15)(H2,11,12,16). The second-order valence-electron chi connectivity index (χ2n) is 4.04. The molecule has 1 aliphatic rings. The molecule has 0 spiro atoms. The van der Waals surface area contributed by atoms with Crippen LogP contribution in [0.3, 0.4) is 0 Å². The molecule has 7 heteroatoms. The third-order valence-corrected chi connectivity index (χ3v) is 2.67. The highest BCUT2D eigenvalue weighted by Crippen LogP contribution is 2.45. The van der Waals surface area contributed by atoms with Gasteiger partial charge in [-0.2, -0.15) is 0 Å². The third kappa shape index (κ3) is 2.85. The minimum atomic E-state index is -0.907. The molecule has 0 aromatic carbocycles. The van der Waals surface area contributed by atoms with Gasteiger partial charge >= 0.3 is 12.0 Å². The van der Waals surface area contributed by atoms with E-state index in [1.54, 1.807) is 0 Å². The molecule has 16 heavy (non-hydrogen) atoms. The van der Waals surface area contributed by atoms with Crippen LogP contribution in [0.15, 0.2) is 0 Å². The van der Waals surface area contributed by atoms with Gasteiger partial charge in [-0.15, -0.1) is 0 Å². The molecule has 0 saturated heterocycles. The van der Waals surface area contributed by atoms with Gasteiger partial charge in [0.05, 0.1) is 5.41 Å². The Balaban J connectivity index is 2.31. The van der Waals surface area contributed by atoms with Crippen molar-refractivity contribution in [3.05, 3.63) is 0 Å². The van der Waals surface area contributed by atoms with E-state index in [0.29, 0.717) is 12.8 Å². The van der Waals surface area contributed by atoms with Crippen LogP contribution < -0.4 is 16.4 Å². The van der Waals surface area contributed by atoms with Crippen molar-refractivity contribution in [2.75, 3.05) is 6.54 Å². The molecule has 0 aromatic rings. The average molecular weight is 229 g/mol. The van der Waals surface area contributed by atoms with Crippen molar-refractivity contribution in [3.63, 3.8) is 0 Å². The second-order valence-corrected chi connectivity index (χ2v) is 4.04. The third-order valence-electron chi connectivity index (χ3n) is 2.67. The summed E-state index contributed by atoms with van der Waals surface area (Å²) in [5.41, 5.74) is 4.14. The van der Waals surface area contributed by atoms with Gasteiger partial charge < -0.3 is 21.5 Å². The topological polar surface area (TPSA) is 122 Å². The monoisotopic (exact) mass is 229 g/mol. The molecule has 0 bridgehead atoms. The maximum absolute atomic E-state index is 11.2. The summed E-state index contributed by atoms with van der Waals surface area (Å²) in [4.78, 5) is 32.7. The van der Waals surface area contributed by atoms with Crippen LogP contribution in [0, 0.1) is 5.41 Å². The quantitative estimate of drug-likeness (QED) is 0.484. The Bertz CT molecular complexity index is 325. The van der Waals surface area contributed by atoms with Crippen molar-refractivity contribution in [2.45, 2.75) is 25.8 Å². The van der Waals surface area contributed by atoms with Crippen LogP contribution in [-0.4, -0.2) is 35.6 Å². The van der Waals surface area contributed by atoms with Gasteiger partial charge in [0.25, 0.3) is 0 Å². The molecule has 5 N–H and O–H groups in total. The van der Waals surface area contributed by atoms with Gasteiger partial charge in [0, 0.05) is 6.54 Å². The molecule has 90 valence electrons. The number of nitrogens with one attached hydrogen (secondary N) is 2. The summed E-state index contributed by atoms with van der Waals surface area (Å²) >= 11 is 0. The van der Waals surface area contributed by atoms with E-state index in [1.165, 1.54) is 6.92 Å². The Morgan fingerprint density at radius 2 is 2.00 bits per heavy atom. The van der Waals surface area contributed by atoms with Crippen molar-refractivity contribution in [3.8, 4) is 0 Å². The first kappa shape index (κ1) is 12.3. The van der Waals surface area contributed by atoms with Gasteiger partial charge in [0.2, 0.25) is 5.91 Å². The van der Waals surface area contributed by atoms with Crippen molar-refractivity contribution >= 4 is 17.9 Å². The molecule has 1 saturated carbocycles. The minimum Gasteiger partial charge on any atom is -0.481 e. The summed E-state index contributed by atoms with van der Waals surface area (Å²) in [6.07, 6.45) is 1.13. The number of carboxylic acids is 1. The number of hydrogen-bond donors (Lipinski definition) is 4. The Labute approximate surface area is 92.4 Å². The number of carboxylic acid groups (broad SMARTS) is 1. The first-order chi connectivity index (χ1) is 7.37. The van der Waals surface area contributed by atoms with Crippen molar-refractivity contribution < 1.29 is 19.5 Å². The molecular weight excluding hydrogens is 214 g/mol. The van der Waals surface area contributed by atoms with E-state index in [9.17, 15) is 14.4 Å². The van der Waals surface area contributed by atoms with E-state index in [4.69, 9.17) is 10.8 Å². The molecule has 1 aliphatic carbocycles. The summed E-state index contributed by atoms with van der Waals surface area (Å²) in [6, 6.07) is -1.36. The van der Waals surface area contributed by atoms with E-state index in [0.717, 1.165) is 0 Å². The molecular formula is C9H15N3O4. The van der Waals surface area contributed by atoms with E-state index in [1.807, 2.05) is 0 Å². The molecule has 1 fully saturated rings. The maximum Gasteiger partial charge on any atom is 0.315 e. The molecule has 3 amide bonds. The van der Waals surface area contributed by atoms with E-state index >= 15 is 0 Å². The number of carbonyl (C=O) groups excluding carboxylic acids is 2. The number of rotatable bonds is 5.